The number of amides is 1. The number of rotatable bonds is 10. The number of anilines is 1. The van der Waals surface area contributed by atoms with E-state index in [0.29, 0.717) is 49.3 Å². The Bertz CT molecular complexity index is 1510. The van der Waals surface area contributed by atoms with Gasteiger partial charge in [0.2, 0.25) is 0 Å². The molecule has 252 valence electrons. The number of halogens is 3. The SMILES string of the molecule is CC(=O)OC(CC(=O)O[C@H]1CC[C@H](Nc2cc(-n3c(C)c(C(F)(F)F)c4c3CC(C)(C)CC4=O)ccc2C(N)=O)CC1)CN(C)C. The van der Waals surface area contributed by atoms with Gasteiger partial charge in [0.1, 0.15) is 12.2 Å². The molecule has 0 spiro atoms. The van der Waals surface area contributed by atoms with Gasteiger partial charge in [-0.2, -0.15) is 13.2 Å². The van der Waals surface area contributed by atoms with E-state index in [4.69, 9.17) is 15.2 Å². The monoisotopic (exact) mass is 648 g/mol. The lowest BCUT2D eigenvalue weighted by Crippen LogP contribution is -2.35. The summed E-state index contributed by atoms with van der Waals surface area (Å²) in [6.45, 7) is 6.73. The molecule has 1 atom stereocenters. The quantitative estimate of drug-likeness (QED) is 0.336. The highest BCUT2D eigenvalue weighted by Gasteiger charge is 2.45. The molecule has 0 aliphatic heterocycles. The number of ether oxygens (including phenoxy) is 2. The minimum atomic E-state index is -4.72. The van der Waals surface area contributed by atoms with Crippen LogP contribution in [0.25, 0.3) is 5.69 Å². The van der Waals surface area contributed by atoms with E-state index in [-0.39, 0.29) is 48.2 Å². The third-order valence-corrected chi connectivity index (χ3v) is 8.51. The van der Waals surface area contributed by atoms with Crippen molar-refractivity contribution < 1.29 is 41.8 Å². The summed E-state index contributed by atoms with van der Waals surface area (Å²) in [5.74, 6) is -2.17. The van der Waals surface area contributed by atoms with Gasteiger partial charge in [-0.3, -0.25) is 19.2 Å². The zero-order chi connectivity index (χ0) is 34.1. The smallest absolute Gasteiger partial charge is 0.418 e. The molecule has 13 heteroatoms. The Hall–Kier alpha value is -3.87. The second-order valence-electron chi connectivity index (χ2n) is 13.5. The molecule has 3 N–H and O–H groups in total. The van der Waals surface area contributed by atoms with Crippen LogP contribution in [-0.4, -0.2) is 72.0 Å². The molecule has 1 fully saturated rings. The van der Waals surface area contributed by atoms with E-state index < -0.39 is 46.9 Å². The van der Waals surface area contributed by atoms with E-state index in [1.54, 1.807) is 12.1 Å². The van der Waals surface area contributed by atoms with E-state index in [2.05, 4.69) is 5.32 Å². The Morgan fingerprint density at radius 1 is 1.13 bits per heavy atom. The van der Waals surface area contributed by atoms with Crippen molar-refractivity contribution in [3.8, 4) is 5.69 Å². The molecule has 1 saturated carbocycles. The third kappa shape index (κ3) is 8.09. The molecule has 1 amide bonds. The summed E-state index contributed by atoms with van der Waals surface area (Å²) >= 11 is 0. The second-order valence-corrected chi connectivity index (χ2v) is 13.5. The molecule has 1 aromatic heterocycles. The first-order chi connectivity index (χ1) is 21.4. The maximum absolute atomic E-state index is 14.3. The van der Waals surface area contributed by atoms with Crippen LogP contribution >= 0.6 is 0 Å². The average molecular weight is 649 g/mol. The summed E-state index contributed by atoms with van der Waals surface area (Å²) < 4.78 is 55.2. The molecule has 2 aromatic rings. The van der Waals surface area contributed by atoms with Gasteiger partial charge in [0, 0.05) is 48.7 Å². The number of alkyl halides is 3. The molecule has 0 bridgehead atoms. The summed E-state index contributed by atoms with van der Waals surface area (Å²) in [5, 5.41) is 3.35. The fourth-order valence-electron chi connectivity index (χ4n) is 6.71. The van der Waals surface area contributed by atoms with Crippen LogP contribution in [0.4, 0.5) is 18.9 Å². The maximum Gasteiger partial charge on any atom is 0.418 e. The van der Waals surface area contributed by atoms with Gasteiger partial charge in [-0.15, -0.1) is 0 Å². The van der Waals surface area contributed by atoms with Crippen molar-refractivity contribution in [2.45, 2.75) is 97.1 Å². The van der Waals surface area contributed by atoms with Crippen molar-refractivity contribution in [2.24, 2.45) is 11.1 Å². The Balaban J connectivity index is 1.53. The van der Waals surface area contributed by atoms with Crippen molar-refractivity contribution in [2.75, 3.05) is 26.0 Å². The molecule has 1 aromatic carbocycles. The lowest BCUT2D eigenvalue weighted by molar-refractivity contribution is -0.158. The van der Waals surface area contributed by atoms with Crippen LogP contribution in [0.2, 0.25) is 0 Å². The highest BCUT2D eigenvalue weighted by atomic mass is 19.4. The number of carbonyl (C=O) groups is 4. The number of esters is 2. The number of benzene rings is 1. The number of nitrogens with one attached hydrogen (secondary N) is 1. The Labute approximate surface area is 266 Å². The van der Waals surface area contributed by atoms with Crippen molar-refractivity contribution in [3.63, 3.8) is 0 Å². The van der Waals surface area contributed by atoms with Crippen molar-refractivity contribution >= 4 is 29.3 Å². The molecule has 2 aliphatic rings. The number of Topliss-reactive ketones (excluding diaryl/α,β-unsaturated/α-hetero) is 1. The van der Waals surface area contributed by atoms with Crippen LogP contribution in [-0.2, 0) is 31.7 Å². The normalized spacial score (nSPS) is 20.2. The number of likely N-dealkylation sites (N-methyl/N-ethyl adjacent to an activating group) is 1. The van der Waals surface area contributed by atoms with Crippen molar-refractivity contribution in [1.29, 1.82) is 0 Å². The lowest BCUT2D eigenvalue weighted by Gasteiger charge is -2.31. The summed E-state index contributed by atoms with van der Waals surface area (Å²) in [4.78, 5) is 51.2. The fraction of sp³-hybridized carbons (Fsp3) is 0.576. The van der Waals surface area contributed by atoms with Crippen LogP contribution in [0, 0.1) is 12.3 Å². The van der Waals surface area contributed by atoms with E-state index in [0.717, 1.165) is 0 Å². The lowest BCUT2D eigenvalue weighted by atomic mass is 9.75. The fourth-order valence-corrected chi connectivity index (χ4v) is 6.71. The van der Waals surface area contributed by atoms with Gasteiger partial charge < -0.3 is 30.0 Å². The van der Waals surface area contributed by atoms with Gasteiger partial charge in [-0.05, 0) is 76.7 Å². The minimum Gasteiger partial charge on any atom is -0.462 e. The zero-order valence-corrected chi connectivity index (χ0v) is 27.2. The summed E-state index contributed by atoms with van der Waals surface area (Å²) in [5.41, 5.74) is 5.07. The number of carbonyl (C=O) groups excluding carboxylic acids is 4. The summed E-state index contributed by atoms with van der Waals surface area (Å²) in [6, 6.07) is 4.50. The molecule has 0 saturated heterocycles. The molecule has 1 heterocycles. The average Bonchev–Trinajstić information content (AvgIpc) is 3.20. The predicted molar refractivity (Wildman–Crippen MR) is 165 cm³/mol. The van der Waals surface area contributed by atoms with E-state index in [1.165, 1.54) is 24.5 Å². The molecule has 1 unspecified atom stereocenters. The van der Waals surface area contributed by atoms with Crippen LogP contribution in [0.1, 0.15) is 97.0 Å². The highest BCUT2D eigenvalue weighted by Crippen LogP contribution is 2.45. The van der Waals surface area contributed by atoms with Crippen LogP contribution in [0.5, 0.6) is 0 Å². The number of nitrogens with zero attached hydrogens (tertiary/aromatic N) is 2. The van der Waals surface area contributed by atoms with E-state index in [9.17, 15) is 32.3 Å². The van der Waals surface area contributed by atoms with Crippen LogP contribution in [0.15, 0.2) is 18.2 Å². The van der Waals surface area contributed by atoms with Crippen molar-refractivity contribution in [1.82, 2.24) is 9.47 Å². The number of hydrogen-bond donors (Lipinski definition) is 2. The van der Waals surface area contributed by atoms with Gasteiger partial charge in [-0.25, -0.2) is 0 Å². The molecule has 4 rings (SSSR count). The van der Waals surface area contributed by atoms with Crippen LogP contribution in [0.3, 0.4) is 0 Å². The number of nitrogens with two attached hydrogens (primary N) is 1. The Morgan fingerprint density at radius 3 is 2.35 bits per heavy atom. The topological polar surface area (TPSA) is 133 Å². The first kappa shape index (κ1) is 35.0. The minimum absolute atomic E-state index is 0.0147. The Kier molecular flexibility index (Phi) is 10.2. The predicted octanol–water partition coefficient (Wildman–Crippen LogP) is 5.21. The summed E-state index contributed by atoms with van der Waals surface area (Å²) in [7, 11) is 3.62. The Morgan fingerprint density at radius 2 is 1.78 bits per heavy atom. The van der Waals surface area contributed by atoms with Gasteiger partial charge >= 0.3 is 18.1 Å². The second kappa shape index (κ2) is 13.5. The molecular weight excluding hydrogens is 605 g/mol. The van der Waals surface area contributed by atoms with Gasteiger partial charge in [-0.1, -0.05) is 13.8 Å². The number of ketones is 1. The number of primary amides is 1. The standard InChI is InChI=1S/C33H43F3N4O6/c1-18-30(33(34,35)36)29-26(15-32(3,4)16-27(29)42)40(18)21-9-12-24(31(37)44)25(13-21)38-20-7-10-22(11-8-20)46-28(43)14-23(17-39(5)6)45-19(2)41/h9,12-13,20,22-23,38H,7-8,10-11,14-17H2,1-6H3,(H2,37,44)/t20-,22-,23?. The first-order valence-electron chi connectivity index (χ1n) is 15.4. The molecule has 10 nitrogen and oxygen atoms in total. The van der Waals surface area contributed by atoms with Gasteiger partial charge in [0.25, 0.3) is 5.91 Å². The first-order valence-corrected chi connectivity index (χ1v) is 15.4. The number of fused-ring (bicyclic) bond motifs is 1. The summed E-state index contributed by atoms with van der Waals surface area (Å²) in [6.07, 6.45) is -3.20. The van der Waals surface area contributed by atoms with Gasteiger partial charge in [0.15, 0.2) is 5.78 Å². The van der Waals surface area contributed by atoms with E-state index in [1.807, 2.05) is 32.8 Å². The zero-order valence-electron chi connectivity index (χ0n) is 27.2. The molecule has 2 aliphatic carbocycles. The van der Waals surface area contributed by atoms with E-state index >= 15 is 0 Å². The van der Waals surface area contributed by atoms with Crippen molar-refractivity contribution in [3.05, 3.63) is 46.3 Å². The van der Waals surface area contributed by atoms with Crippen LogP contribution < -0.4 is 11.1 Å². The molecule has 46 heavy (non-hydrogen) atoms. The molecule has 0 radical (unpaired) electrons. The third-order valence-electron chi connectivity index (χ3n) is 8.51. The number of hydrogen-bond acceptors (Lipinski definition) is 8. The highest BCUT2D eigenvalue weighted by molar-refractivity contribution is 6.01. The molecular formula is C33H43F3N4O6. The largest absolute Gasteiger partial charge is 0.462 e. The maximum atomic E-state index is 14.3. The van der Waals surface area contributed by atoms with Gasteiger partial charge in [0.05, 0.1) is 23.1 Å². The number of aromatic nitrogens is 1.